The Bertz CT molecular complexity index is 980. The number of hydrogen-bond donors (Lipinski definition) is 1. The molecule has 7 nitrogen and oxygen atoms in total. The molecule has 9 heteroatoms. The van der Waals surface area contributed by atoms with Crippen LogP contribution in [0.4, 0.5) is 5.13 Å². The summed E-state index contributed by atoms with van der Waals surface area (Å²) in [4.78, 5) is 17.1. The molecule has 142 valence electrons. The van der Waals surface area contributed by atoms with Gasteiger partial charge in [-0.05, 0) is 24.3 Å². The minimum Gasteiger partial charge on any atom is -0.494 e. The van der Waals surface area contributed by atoms with Crippen LogP contribution in [0.3, 0.4) is 0 Å². The van der Waals surface area contributed by atoms with Crippen molar-refractivity contribution in [1.29, 1.82) is 0 Å². The molecule has 0 atom stereocenters. The largest absolute Gasteiger partial charge is 0.494 e. The van der Waals surface area contributed by atoms with E-state index >= 15 is 0 Å². The highest BCUT2D eigenvalue weighted by Crippen LogP contribution is 2.39. The van der Waals surface area contributed by atoms with Crippen molar-refractivity contribution in [2.24, 2.45) is 0 Å². The van der Waals surface area contributed by atoms with Crippen LogP contribution < -0.4 is 24.3 Å². The van der Waals surface area contributed by atoms with Crippen LogP contribution in [0, 0.1) is 0 Å². The average Bonchev–Trinajstić information content (AvgIpc) is 3.11. The summed E-state index contributed by atoms with van der Waals surface area (Å²) in [5, 5.41) is 3.71. The Kier molecular flexibility index (Phi) is 5.57. The van der Waals surface area contributed by atoms with E-state index in [4.69, 9.17) is 30.5 Å². The summed E-state index contributed by atoms with van der Waals surface area (Å²) in [7, 11) is 6.02. The minimum atomic E-state index is -0.372. The Morgan fingerprint density at radius 1 is 1.00 bits per heavy atom. The Morgan fingerprint density at radius 3 is 2.19 bits per heavy atom. The van der Waals surface area contributed by atoms with E-state index in [2.05, 4.69) is 10.3 Å². The first-order chi connectivity index (χ1) is 13.0. The molecule has 1 aromatic heterocycles. The lowest BCUT2D eigenvalue weighted by molar-refractivity contribution is 0.102. The Balaban J connectivity index is 1.96. The molecule has 0 fully saturated rings. The molecule has 2 aromatic carbocycles. The summed E-state index contributed by atoms with van der Waals surface area (Å²) < 4.78 is 21.9. The van der Waals surface area contributed by atoms with Gasteiger partial charge < -0.3 is 18.9 Å². The number of halogens is 1. The van der Waals surface area contributed by atoms with Gasteiger partial charge in [0.1, 0.15) is 11.3 Å². The van der Waals surface area contributed by atoms with Gasteiger partial charge in [-0.1, -0.05) is 22.9 Å². The number of carbonyl (C=O) groups excluding carboxylic acids is 1. The lowest BCUT2D eigenvalue weighted by atomic mass is 10.1. The van der Waals surface area contributed by atoms with Crippen LogP contribution >= 0.6 is 22.9 Å². The lowest BCUT2D eigenvalue weighted by Crippen LogP contribution is -2.12. The van der Waals surface area contributed by atoms with Gasteiger partial charge >= 0.3 is 0 Å². The second-order valence-electron chi connectivity index (χ2n) is 5.31. The van der Waals surface area contributed by atoms with Gasteiger partial charge in [-0.25, -0.2) is 4.98 Å². The van der Waals surface area contributed by atoms with Gasteiger partial charge in [0.2, 0.25) is 5.75 Å². The van der Waals surface area contributed by atoms with Crippen LogP contribution in [0.15, 0.2) is 24.3 Å². The van der Waals surface area contributed by atoms with Crippen molar-refractivity contribution >= 4 is 44.2 Å². The van der Waals surface area contributed by atoms with E-state index in [1.54, 1.807) is 31.4 Å². The second kappa shape index (κ2) is 7.89. The molecule has 1 heterocycles. The zero-order valence-corrected chi connectivity index (χ0v) is 16.7. The number of thiazole rings is 1. The number of hydrogen-bond acceptors (Lipinski definition) is 7. The van der Waals surface area contributed by atoms with Crippen molar-refractivity contribution in [2.45, 2.75) is 0 Å². The number of carbonyl (C=O) groups is 1. The number of rotatable bonds is 6. The number of nitrogens with zero attached hydrogens (tertiary/aromatic N) is 1. The standard InChI is InChI=1S/C18H17ClN2O5S/c1-23-11-6-5-10(19)16-14(11)20-18(27-16)21-17(22)9-7-12(24-2)15(26-4)13(8-9)25-3/h5-8H,1-4H3,(H,20,21,22). The number of fused-ring (bicyclic) bond motifs is 1. The third kappa shape index (κ3) is 3.58. The van der Waals surface area contributed by atoms with Gasteiger partial charge in [0, 0.05) is 5.56 Å². The minimum absolute atomic E-state index is 0.335. The molecule has 0 saturated carbocycles. The van der Waals surface area contributed by atoms with Crippen molar-refractivity contribution in [1.82, 2.24) is 4.98 Å². The summed E-state index contributed by atoms with van der Waals surface area (Å²) in [5.41, 5.74) is 0.928. The first-order valence-electron chi connectivity index (χ1n) is 7.76. The number of amides is 1. The molecule has 0 saturated heterocycles. The van der Waals surface area contributed by atoms with E-state index in [9.17, 15) is 4.79 Å². The molecular formula is C18H17ClN2O5S. The predicted octanol–water partition coefficient (Wildman–Crippen LogP) is 4.24. The van der Waals surface area contributed by atoms with Crippen LogP contribution in [0.2, 0.25) is 5.02 Å². The maximum absolute atomic E-state index is 12.7. The Morgan fingerprint density at radius 2 is 1.63 bits per heavy atom. The molecule has 0 aliphatic carbocycles. The van der Waals surface area contributed by atoms with Gasteiger partial charge in [-0.15, -0.1) is 0 Å². The molecule has 0 unspecified atom stereocenters. The second-order valence-corrected chi connectivity index (χ2v) is 6.72. The van der Waals surface area contributed by atoms with E-state index in [1.165, 1.54) is 32.7 Å². The first kappa shape index (κ1) is 19.1. The van der Waals surface area contributed by atoms with Crippen molar-refractivity contribution in [3.05, 3.63) is 34.9 Å². The highest BCUT2D eigenvalue weighted by atomic mass is 35.5. The van der Waals surface area contributed by atoms with Crippen molar-refractivity contribution in [2.75, 3.05) is 33.8 Å². The Labute approximate surface area is 164 Å². The van der Waals surface area contributed by atoms with Gasteiger partial charge in [-0.3, -0.25) is 10.1 Å². The molecule has 0 aliphatic heterocycles. The zero-order chi connectivity index (χ0) is 19.6. The predicted molar refractivity (Wildman–Crippen MR) is 105 cm³/mol. The maximum atomic E-state index is 12.7. The van der Waals surface area contributed by atoms with Crippen molar-refractivity contribution in [3.63, 3.8) is 0 Å². The smallest absolute Gasteiger partial charge is 0.257 e. The molecule has 1 N–H and O–H groups in total. The summed E-state index contributed by atoms with van der Waals surface area (Å²) in [6, 6.07) is 6.59. The van der Waals surface area contributed by atoms with Gasteiger partial charge in [0.05, 0.1) is 38.2 Å². The van der Waals surface area contributed by atoms with E-state index in [0.29, 0.717) is 44.2 Å². The van der Waals surface area contributed by atoms with Gasteiger partial charge in [-0.2, -0.15) is 0 Å². The van der Waals surface area contributed by atoms with Crippen molar-refractivity contribution in [3.8, 4) is 23.0 Å². The summed E-state index contributed by atoms with van der Waals surface area (Å²) >= 11 is 7.48. The van der Waals surface area contributed by atoms with E-state index in [0.717, 1.165) is 4.70 Å². The number of nitrogens with one attached hydrogen (secondary N) is 1. The highest BCUT2D eigenvalue weighted by Gasteiger charge is 2.19. The fraction of sp³-hybridized carbons (Fsp3) is 0.222. The Hall–Kier alpha value is -2.71. The van der Waals surface area contributed by atoms with Crippen LogP contribution in [-0.2, 0) is 0 Å². The molecule has 1 amide bonds. The van der Waals surface area contributed by atoms with E-state index in [1.807, 2.05) is 0 Å². The number of anilines is 1. The molecule has 3 rings (SSSR count). The molecule has 0 spiro atoms. The molecule has 0 radical (unpaired) electrons. The van der Waals surface area contributed by atoms with Crippen LogP contribution in [0.1, 0.15) is 10.4 Å². The van der Waals surface area contributed by atoms with E-state index in [-0.39, 0.29) is 5.91 Å². The fourth-order valence-corrected chi connectivity index (χ4v) is 3.70. The van der Waals surface area contributed by atoms with Gasteiger partial charge in [0.25, 0.3) is 5.91 Å². The number of methoxy groups -OCH3 is 4. The third-order valence-corrected chi connectivity index (χ3v) is 5.26. The summed E-state index contributed by atoms with van der Waals surface area (Å²) in [5.74, 6) is 1.39. The molecule has 3 aromatic rings. The third-order valence-electron chi connectivity index (χ3n) is 3.83. The number of ether oxygens (including phenoxy) is 4. The zero-order valence-electron chi connectivity index (χ0n) is 15.1. The number of aromatic nitrogens is 1. The first-order valence-corrected chi connectivity index (χ1v) is 8.96. The van der Waals surface area contributed by atoms with Crippen LogP contribution in [-0.4, -0.2) is 39.3 Å². The highest BCUT2D eigenvalue weighted by molar-refractivity contribution is 7.23. The van der Waals surface area contributed by atoms with Crippen LogP contribution in [0.25, 0.3) is 10.2 Å². The summed E-state index contributed by atoms with van der Waals surface area (Å²) in [6.45, 7) is 0. The van der Waals surface area contributed by atoms with Crippen LogP contribution in [0.5, 0.6) is 23.0 Å². The lowest BCUT2D eigenvalue weighted by Gasteiger charge is -2.13. The monoisotopic (exact) mass is 408 g/mol. The average molecular weight is 409 g/mol. The topological polar surface area (TPSA) is 78.9 Å². The fourth-order valence-electron chi connectivity index (χ4n) is 2.55. The molecule has 0 bridgehead atoms. The van der Waals surface area contributed by atoms with E-state index < -0.39 is 0 Å². The van der Waals surface area contributed by atoms with Gasteiger partial charge in [0.15, 0.2) is 16.6 Å². The maximum Gasteiger partial charge on any atom is 0.257 e. The summed E-state index contributed by atoms with van der Waals surface area (Å²) in [6.07, 6.45) is 0. The molecule has 0 aliphatic rings. The number of benzene rings is 2. The molecular weight excluding hydrogens is 392 g/mol. The van der Waals surface area contributed by atoms with Crippen molar-refractivity contribution < 1.29 is 23.7 Å². The normalized spacial score (nSPS) is 10.6. The quantitative estimate of drug-likeness (QED) is 0.657. The molecule has 27 heavy (non-hydrogen) atoms. The SMILES string of the molecule is COc1cc(C(=O)Nc2nc3c(OC)ccc(Cl)c3s2)cc(OC)c1OC.